The standard InChI is InChI=1S/C9H9F3OS.C2H6.C2H4/c1-6-5-7(9(10,11)12)3-4-8(6)14(2)13;2*1-2/h3-5H,1-2H3;1-2H3;1-2H2. The summed E-state index contributed by atoms with van der Waals surface area (Å²) in [5, 5.41) is 0. The Hall–Kier alpha value is -1.10. The number of aryl methyl sites for hydroxylation is 1. The van der Waals surface area contributed by atoms with Crippen LogP contribution in [0.4, 0.5) is 13.2 Å². The molecule has 5 heteroatoms. The van der Waals surface area contributed by atoms with Crippen molar-refractivity contribution in [2.45, 2.75) is 31.8 Å². The SMILES string of the molecule is C=C.CC.Cc1cc(C(F)(F)F)ccc1S(C)=O. The van der Waals surface area contributed by atoms with Crippen molar-refractivity contribution in [2.75, 3.05) is 6.26 Å². The van der Waals surface area contributed by atoms with Gasteiger partial charge < -0.3 is 0 Å². The van der Waals surface area contributed by atoms with Crippen LogP contribution in [0.15, 0.2) is 36.3 Å². The highest BCUT2D eigenvalue weighted by Crippen LogP contribution is 2.30. The molecular weight excluding hydrogens is 261 g/mol. The highest BCUT2D eigenvalue weighted by Gasteiger charge is 2.30. The predicted octanol–water partition coefficient (Wildman–Crippen LogP) is 4.58. The molecule has 104 valence electrons. The number of alkyl halides is 3. The number of hydrogen-bond acceptors (Lipinski definition) is 1. The van der Waals surface area contributed by atoms with E-state index in [4.69, 9.17) is 0 Å². The minimum absolute atomic E-state index is 0.403. The van der Waals surface area contributed by atoms with Gasteiger partial charge in [-0.1, -0.05) is 13.8 Å². The largest absolute Gasteiger partial charge is 0.416 e. The Bertz CT molecular complexity index is 386. The fourth-order valence-electron chi connectivity index (χ4n) is 1.15. The molecule has 0 radical (unpaired) electrons. The van der Waals surface area contributed by atoms with E-state index >= 15 is 0 Å². The summed E-state index contributed by atoms with van der Waals surface area (Å²) < 4.78 is 47.7. The Kier molecular flexibility index (Phi) is 9.53. The fraction of sp³-hybridized carbons (Fsp3) is 0.385. The first-order valence-electron chi connectivity index (χ1n) is 5.33. The van der Waals surface area contributed by atoms with Gasteiger partial charge >= 0.3 is 6.18 Å². The van der Waals surface area contributed by atoms with Gasteiger partial charge in [0, 0.05) is 11.2 Å². The van der Waals surface area contributed by atoms with Crippen LogP contribution in [0.1, 0.15) is 25.0 Å². The zero-order valence-corrected chi connectivity index (χ0v) is 11.9. The van der Waals surface area contributed by atoms with E-state index in [-0.39, 0.29) is 0 Å². The van der Waals surface area contributed by atoms with Crippen molar-refractivity contribution >= 4 is 10.8 Å². The van der Waals surface area contributed by atoms with Crippen LogP contribution in [0.2, 0.25) is 0 Å². The van der Waals surface area contributed by atoms with Crippen LogP contribution in [0.5, 0.6) is 0 Å². The van der Waals surface area contributed by atoms with E-state index in [0.717, 1.165) is 12.1 Å². The van der Waals surface area contributed by atoms with Crippen LogP contribution in [-0.2, 0) is 17.0 Å². The summed E-state index contributed by atoms with van der Waals surface area (Å²) in [6, 6.07) is 3.22. The van der Waals surface area contributed by atoms with Gasteiger partial charge in [-0.2, -0.15) is 13.2 Å². The molecule has 0 aliphatic heterocycles. The zero-order valence-electron chi connectivity index (χ0n) is 11.1. The van der Waals surface area contributed by atoms with E-state index in [1.54, 1.807) is 0 Å². The molecule has 0 saturated heterocycles. The molecule has 0 bridgehead atoms. The highest BCUT2D eigenvalue weighted by atomic mass is 32.2. The van der Waals surface area contributed by atoms with Crippen molar-refractivity contribution in [3.8, 4) is 0 Å². The molecule has 0 spiro atoms. The normalized spacial score (nSPS) is 11.5. The van der Waals surface area contributed by atoms with Crippen molar-refractivity contribution in [3.05, 3.63) is 42.5 Å². The van der Waals surface area contributed by atoms with E-state index in [2.05, 4.69) is 13.2 Å². The summed E-state index contributed by atoms with van der Waals surface area (Å²) in [7, 11) is -1.24. The zero-order chi connectivity index (χ0) is 14.9. The smallest absolute Gasteiger partial charge is 0.255 e. The summed E-state index contributed by atoms with van der Waals surface area (Å²) in [5.41, 5.74) is -0.301. The Balaban J connectivity index is 0. The molecule has 0 heterocycles. The third kappa shape index (κ3) is 6.00. The lowest BCUT2D eigenvalue weighted by molar-refractivity contribution is -0.137. The van der Waals surface area contributed by atoms with Crippen LogP contribution in [0, 0.1) is 6.92 Å². The van der Waals surface area contributed by atoms with Gasteiger partial charge in [-0.15, -0.1) is 13.2 Å². The maximum absolute atomic E-state index is 12.2. The summed E-state index contributed by atoms with van der Waals surface area (Å²) in [6.07, 6.45) is -2.89. The average Bonchev–Trinajstić information content (AvgIpc) is 2.32. The van der Waals surface area contributed by atoms with Crippen LogP contribution in [0.3, 0.4) is 0 Å². The summed E-state index contributed by atoms with van der Waals surface area (Å²) in [4.78, 5) is 0.443. The monoisotopic (exact) mass is 280 g/mol. The van der Waals surface area contributed by atoms with Crippen molar-refractivity contribution in [1.29, 1.82) is 0 Å². The highest BCUT2D eigenvalue weighted by molar-refractivity contribution is 7.84. The fourth-order valence-corrected chi connectivity index (χ4v) is 1.92. The van der Waals surface area contributed by atoms with Gasteiger partial charge in [0.2, 0.25) is 0 Å². The summed E-state index contributed by atoms with van der Waals surface area (Å²) >= 11 is 0. The maximum Gasteiger partial charge on any atom is 0.416 e. The lowest BCUT2D eigenvalue weighted by Crippen LogP contribution is -2.06. The molecule has 0 aliphatic carbocycles. The lowest BCUT2D eigenvalue weighted by Gasteiger charge is -2.09. The summed E-state index contributed by atoms with van der Waals surface area (Å²) in [5.74, 6) is 0. The molecule has 1 unspecified atom stereocenters. The molecule has 1 nitrogen and oxygen atoms in total. The molecule has 18 heavy (non-hydrogen) atoms. The van der Waals surface area contributed by atoms with E-state index < -0.39 is 22.5 Å². The minimum atomic E-state index is -4.33. The second-order valence-corrected chi connectivity index (χ2v) is 4.28. The molecule has 0 aliphatic rings. The minimum Gasteiger partial charge on any atom is -0.255 e. The van der Waals surface area contributed by atoms with Gasteiger partial charge in [0.1, 0.15) is 0 Å². The Morgan fingerprint density at radius 2 is 1.61 bits per heavy atom. The third-order valence-electron chi connectivity index (χ3n) is 1.81. The molecule has 0 saturated carbocycles. The van der Waals surface area contributed by atoms with Gasteiger partial charge in [-0.3, -0.25) is 4.21 Å². The van der Waals surface area contributed by atoms with Gasteiger partial charge in [0.15, 0.2) is 0 Å². The molecule has 0 N–H and O–H groups in total. The molecule has 1 rings (SSSR count). The first kappa shape index (κ1) is 19.2. The molecule has 1 aromatic carbocycles. The summed E-state index contributed by atoms with van der Waals surface area (Å²) in [6.45, 7) is 11.5. The number of benzene rings is 1. The molecular formula is C13H19F3OS. The molecule has 0 aromatic heterocycles. The van der Waals surface area contributed by atoms with Gasteiger partial charge in [0.05, 0.1) is 16.4 Å². The van der Waals surface area contributed by atoms with Gasteiger partial charge in [-0.25, -0.2) is 0 Å². The molecule has 0 fully saturated rings. The Morgan fingerprint density at radius 1 is 1.17 bits per heavy atom. The van der Waals surface area contributed by atoms with Crippen molar-refractivity contribution in [3.63, 3.8) is 0 Å². The average molecular weight is 280 g/mol. The molecule has 0 amide bonds. The number of halogens is 3. The quantitative estimate of drug-likeness (QED) is 0.688. The van der Waals surface area contributed by atoms with Crippen LogP contribution in [0.25, 0.3) is 0 Å². The number of hydrogen-bond donors (Lipinski definition) is 0. The maximum atomic E-state index is 12.2. The van der Waals surface area contributed by atoms with Crippen molar-refractivity contribution in [1.82, 2.24) is 0 Å². The first-order valence-corrected chi connectivity index (χ1v) is 6.89. The van der Waals surface area contributed by atoms with E-state index in [0.29, 0.717) is 10.5 Å². The molecule has 1 atom stereocenters. The first-order chi connectivity index (χ1) is 8.32. The third-order valence-corrected chi connectivity index (χ3v) is 2.89. The second-order valence-electron chi connectivity index (χ2n) is 2.93. The Labute approximate surface area is 109 Å². The Morgan fingerprint density at radius 3 is 1.89 bits per heavy atom. The van der Waals surface area contributed by atoms with E-state index in [1.165, 1.54) is 19.2 Å². The predicted molar refractivity (Wildman–Crippen MR) is 71.1 cm³/mol. The van der Waals surface area contributed by atoms with Gasteiger partial charge in [-0.05, 0) is 30.7 Å². The van der Waals surface area contributed by atoms with Crippen LogP contribution < -0.4 is 0 Å². The van der Waals surface area contributed by atoms with Crippen molar-refractivity contribution in [2.24, 2.45) is 0 Å². The number of rotatable bonds is 1. The van der Waals surface area contributed by atoms with E-state index in [1.807, 2.05) is 13.8 Å². The second kappa shape index (κ2) is 8.91. The van der Waals surface area contributed by atoms with Crippen molar-refractivity contribution < 1.29 is 17.4 Å². The molecule has 1 aromatic rings. The lowest BCUT2D eigenvalue weighted by atomic mass is 10.1. The van der Waals surface area contributed by atoms with E-state index in [9.17, 15) is 17.4 Å². The van der Waals surface area contributed by atoms with Crippen LogP contribution in [-0.4, -0.2) is 10.5 Å². The van der Waals surface area contributed by atoms with Crippen LogP contribution >= 0.6 is 0 Å². The topological polar surface area (TPSA) is 17.1 Å². The van der Waals surface area contributed by atoms with Gasteiger partial charge in [0.25, 0.3) is 0 Å².